The van der Waals surface area contributed by atoms with Gasteiger partial charge in [-0.2, -0.15) is 0 Å². The van der Waals surface area contributed by atoms with Crippen LogP contribution in [0.15, 0.2) is 65.7 Å². The van der Waals surface area contributed by atoms with Crippen LogP contribution in [0.4, 0.5) is 5.69 Å². The number of anilines is 1. The number of ether oxygens (including phenoxy) is 1. The number of carbonyl (C=O) groups excluding carboxylic acids is 1. The van der Waals surface area contributed by atoms with Gasteiger partial charge in [0.1, 0.15) is 12.4 Å². The van der Waals surface area contributed by atoms with E-state index in [2.05, 4.69) is 32.7 Å². The average molecular weight is 410 g/mol. The van der Waals surface area contributed by atoms with E-state index in [9.17, 15) is 4.79 Å². The molecule has 7 heteroatoms. The summed E-state index contributed by atoms with van der Waals surface area (Å²) in [5.41, 5.74) is 1.22. The van der Waals surface area contributed by atoms with Crippen LogP contribution in [0.5, 0.6) is 5.75 Å². The first-order valence-corrected chi connectivity index (χ1v) is 10.5. The number of para-hydroxylation sites is 2. The van der Waals surface area contributed by atoms with Crippen molar-refractivity contribution in [3.05, 3.63) is 60.7 Å². The number of piperazine rings is 1. The Bertz CT molecular complexity index is 790. The Balaban J connectivity index is 1.29. The fourth-order valence-corrected chi connectivity index (χ4v) is 3.37. The Morgan fingerprint density at radius 1 is 0.933 bits per heavy atom. The van der Waals surface area contributed by atoms with E-state index in [1.807, 2.05) is 53.4 Å². The van der Waals surface area contributed by atoms with Gasteiger partial charge in [0.15, 0.2) is 5.96 Å². The van der Waals surface area contributed by atoms with Gasteiger partial charge in [-0.25, -0.2) is 0 Å². The Morgan fingerprint density at radius 3 is 2.23 bits per heavy atom. The zero-order valence-electron chi connectivity index (χ0n) is 17.6. The highest BCUT2D eigenvalue weighted by atomic mass is 16.5. The lowest BCUT2D eigenvalue weighted by molar-refractivity contribution is -0.131. The fraction of sp³-hybridized carbons (Fsp3) is 0.391. The first kappa shape index (κ1) is 21.5. The summed E-state index contributed by atoms with van der Waals surface area (Å²) in [5, 5.41) is 6.40. The number of hydrogen-bond acceptors (Lipinski definition) is 4. The van der Waals surface area contributed by atoms with Crippen molar-refractivity contribution in [2.45, 2.75) is 6.42 Å². The zero-order chi connectivity index (χ0) is 21.0. The van der Waals surface area contributed by atoms with Crippen molar-refractivity contribution in [3.8, 4) is 5.75 Å². The molecule has 0 saturated carbocycles. The molecule has 0 unspecified atom stereocenters. The maximum atomic E-state index is 12.5. The van der Waals surface area contributed by atoms with Gasteiger partial charge >= 0.3 is 0 Å². The summed E-state index contributed by atoms with van der Waals surface area (Å²) in [6.45, 7) is 4.98. The molecule has 2 N–H and O–H groups in total. The molecule has 0 spiro atoms. The first-order valence-electron chi connectivity index (χ1n) is 10.5. The Hall–Kier alpha value is -3.22. The van der Waals surface area contributed by atoms with Crippen LogP contribution in [0.3, 0.4) is 0 Å². The largest absolute Gasteiger partial charge is 0.492 e. The van der Waals surface area contributed by atoms with Gasteiger partial charge in [-0.3, -0.25) is 9.79 Å². The average Bonchev–Trinajstić information content (AvgIpc) is 2.82. The van der Waals surface area contributed by atoms with Gasteiger partial charge < -0.3 is 25.2 Å². The highest BCUT2D eigenvalue weighted by Crippen LogP contribution is 2.15. The van der Waals surface area contributed by atoms with E-state index in [0.29, 0.717) is 32.1 Å². The van der Waals surface area contributed by atoms with Crippen LogP contribution in [0.2, 0.25) is 0 Å². The molecular weight excluding hydrogens is 378 g/mol. The van der Waals surface area contributed by atoms with Crippen molar-refractivity contribution in [3.63, 3.8) is 0 Å². The highest BCUT2D eigenvalue weighted by molar-refractivity contribution is 5.81. The van der Waals surface area contributed by atoms with Gasteiger partial charge in [-0.15, -0.1) is 0 Å². The zero-order valence-corrected chi connectivity index (χ0v) is 17.6. The number of amides is 1. The van der Waals surface area contributed by atoms with Gasteiger partial charge in [0, 0.05) is 51.9 Å². The molecule has 1 heterocycles. The monoisotopic (exact) mass is 409 g/mol. The minimum absolute atomic E-state index is 0.179. The van der Waals surface area contributed by atoms with Crippen LogP contribution in [0.25, 0.3) is 0 Å². The lowest BCUT2D eigenvalue weighted by Crippen LogP contribution is -2.49. The number of nitrogens with zero attached hydrogens (tertiary/aromatic N) is 3. The second kappa shape index (κ2) is 11.7. The summed E-state index contributed by atoms with van der Waals surface area (Å²) in [7, 11) is 1.72. The summed E-state index contributed by atoms with van der Waals surface area (Å²) in [4.78, 5) is 21.0. The third-order valence-corrected chi connectivity index (χ3v) is 5.02. The lowest BCUT2D eigenvalue weighted by atomic mass is 10.2. The molecule has 160 valence electrons. The quantitative estimate of drug-likeness (QED) is 0.396. The normalized spacial score (nSPS) is 14.4. The highest BCUT2D eigenvalue weighted by Gasteiger charge is 2.20. The molecule has 0 bridgehead atoms. The number of nitrogens with one attached hydrogen (secondary N) is 2. The van der Waals surface area contributed by atoms with Gasteiger partial charge in [0.2, 0.25) is 5.91 Å². The molecule has 2 aromatic rings. The summed E-state index contributed by atoms with van der Waals surface area (Å²) in [6.07, 6.45) is 0.451. The molecule has 0 radical (unpaired) electrons. The lowest BCUT2D eigenvalue weighted by Gasteiger charge is -2.36. The molecule has 2 aromatic carbocycles. The molecular formula is C23H31N5O2. The van der Waals surface area contributed by atoms with E-state index in [-0.39, 0.29) is 5.91 Å². The third-order valence-electron chi connectivity index (χ3n) is 5.02. The van der Waals surface area contributed by atoms with Crippen LogP contribution in [-0.2, 0) is 4.79 Å². The van der Waals surface area contributed by atoms with E-state index in [4.69, 9.17) is 4.74 Å². The van der Waals surface area contributed by atoms with E-state index in [1.54, 1.807) is 7.05 Å². The van der Waals surface area contributed by atoms with E-state index < -0.39 is 0 Å². The number of aliphatic imine (C=N–C) groups is 1. The molecule has 1 saturated heterocycles. The van der Waals surface area contributed by atoms with Crippen LogP contribution in [0, 0.1) is 0 Å². The van der Waals surface area contributed by atoms with Crippen molar-refractivity contribution >= 4 is 17.6 Å². The number of guanidine groups is 1. The molecule has 1 aliphatic rings. The van der Waals surface area contributed by atoms with E-state index >= 15 is 0 Å². The molecule has 0 atom stereocenters. The smallest absolute Gasteiger partial charge is 0.224 e. The van der Waals surface area contributed by atoms with E-state index in [1.165, 1.54) is 5.69 Å². The first-order chi connectivity index (χ1) is 14.8. The Labute approximate surface area is 178 Å². The number of benzene rings is 2. The number of rotatable bonds is 8. The molecule has 0 aromatic heterocycles. The van der Waals surface area contributed by atoms with Gasteiger partial charge in [-0.1, -0.05) is 36.4 Å². The van der Waals surface area contributed by atoms with Gasteiger partial charge in [0.25, 0.3) is 0 Å². The molecule has 7 nitrogen and oxygen atoms in total. The van der Waals surface area contributed by atoms with Crippen molar-refractivity contribution < 1.29 is 9.53 Å². The predicted octanol–water partition coefficient (Wildman–Crippen LogP) is 1.97. The number of hydrogen-bond donors (Lipinski definition) is 2. The third kappa shape index (κ3) is 6.69. The predicted molar refractivity (Wildman–Crippen MR) is 121 cm³/mol. The van der Waals surface area contributed by atoms with Crippen LogP contribution >= 0.6 is 0 Å². The van der Waals surface area contributed by atoms with Crippen molar-refractivity contribution in [1.29, 1.82) is 0 Å². The van der Waals surface area contributed by atoms with Crippen LogP contribution in [0.1, 0.15) is 6.42 Å². The number of carbonyl (C=O) groups is 1. The second-order valence-corrected chi connectivity index (χ2v) is 7.04. The van der Waals surface area contributed by atoms with Gasteiger partial charge in [0.05, 0.1) is 6.54 Å². The maximum Gasteiger partial charge on any atom is 0.224 e. The summed E-state index contributed by atoms with van der Waals surface area (Å²) < 4.78 is 5.65. The van der Waals surface area contributed by atoms with Crippen molar-refractivity contribution in [2.24, 2.45) is 4.99 Å². The molecule has 0 aliphatic carbocycles. The Kier molecular flexibility index (Phi) is 8.38. The van der Waals surface area contributed by atoms with Crippen LogP contribution in [-0.4, -0.2) is 69.7 Å². The van der Waals surface area contributed by atoms with Gasteiger partial charge in [-0.05, 0) is 24.3 Å². The SMILES string of the molecule is CN=C(NCCOc1ccccc1)NCCC(=O)N1CCN(c2ccccc2)CC1. The van der Waals surface area contributed by atoms with Crippen LogP contribution < -0.4 is 20.3 Å². The molecule has 1 fully saturated rings. The standard InChI is InChI=1S/C23H31N5O2/c1-24-23(26-14-19-30-21-10-6-3-7-11-21)25-13-12-22(29)28-17-15-27(16-18-28)20-8-4-2-5-9-20/h2-11H,12-19H2,1H3,(H2,24,25,26). The fourth-order valence-electron chi connectivity index (χ4n) is 3.37. The van der Waals surface area contributed by atoms with Crippen molar-refractivity contribution in [1.82, 2.24) is 15.5 Å². The topological polar surface area (TPSA) is 69.2 Å². The molecule has 1 amide bonds. The summed E-state index contributed by atoms with van der Waals surface area (Å²) in [6, 6.07) is 20.1. The molecule has 30 heavy (non-hydrogen) atoms. The Morgan fingerprint density at radius 2 is 1.57 bits per heavy atom. The summed E-state index contributed by atoms with van der Waals surface area (Å²) >= 11 is 0. The minimum atomic E-state index is 0.179. The molecule has 3 rings (SSSR count). The maximum absolute atomic E-state index is 12.5. The summed E-state index contributed by atoms with van der Waals surface area (Å²) in [5.74, 6) is 1.70. The minimum Gasteiger partial charge on any atom is -0.492 e. The van der Waals surface area contributed by atoms with E-state index in [0.717, 1.165) is 31.9 Å². The van der Waals surface area contributed by atoms with Crippen molar-refractivity contribution in [2.75, 3.05) is 57.8 Å². The second-order valence-electron chi connectivity index (χ2n) is 7.04. The molecule has 1 aliphatic heterocycles.